The van der Waals surface area contributed by atoms with Crippen LogP contribution in [0.4, 0.5) is 4.39 Å². The second-order valence-electron chi connectivity index (χ2n) is 4.61. The minimum atomic E-state index is -0.439. The Labute approximate surface area is 125 Å². The average molecular weight is 297 g/mol. The van der Waals surface area contributed by atoms with Crippen LogP contribution in [0, 0.1) is 5.82 Å². The molecule has 0 radical (unpaired) electrons. The molecule has 2 N–H and O–H groups in total. The van der Waals surface area contributed by atoms with Crippen molar-refractivity contribution >= 4 is 17.2 Å². The summed E-state index contributed by atoms with van der Waals surface area (Å²) in [6.45, 7) is 0. The number of hydrogen-bond acceptors (Lipinski definition) is 2. The fourth-order valence-corrected chi connectivity index (χ4v) is 3.10. The highest BCUT2D eigenvalue weighted by molar-refractivity contribution is 7.14. The van der Waals surface area contributed by atoms with Gasteiger partial charge in [-0.15, -0.1) is 11.3 Å². The van der Waals surface area contributed by atoms with E-state index in [1.807, 2.05) is 23.6 Å². The summed E-state index contributed by atoms with van der Waals surface area (Å²) in [5.41, 5.74) is 8.76. The molecular weight excluding hydrogens is 285 g/mol. The van der Waals surface area contributed by atoms with Crippen LogP contribution in [0.1, 0.15) is 10.4 Å². The molecule has 0 fully saturated rings. The summed E-state index contributed by atoms with van der Waals surface area (Å²) in [6.07, 6.45) is 0. The van der Waals surface area contributed by atoms with E-state index in [1.54, 1.807) is 35.6 Å². The Morgan fingerprint density at radius 2 is 1.52 bits per heavy atom. The molecule has 0 saturated heterocycles. The summed E-state index contributed by atoms with van der Waals surface area (Å²) in [5, 5.41) is 2.00. The molecule has 104 valence electrons. The lowest BCUT2D eigenvalue weighted by Gasteiger charge is -2.05. The van der Waals surface area contributed by atoms with E-state index in [4.69, 9.17) is 5.73 Å². The molecular formula is C17H12FNOS. The summed E-state index contributed by atoms with van der Waals surface area (Å²) in [6, 6.07) is 15.6. The number of carbonyl (C=O) groups is 1. The lowest BCUT2D eigenvalue weighted by atomic mass is 10.0. The van der Waals surface area contributed by atoms with Gasteiger partial charge in [0.1, 0.15) is 5.82 Å². The Balaban J connectivity index is 2.02. The molecule has 3 aromatic rings. The lowest BCUT2D eigenvalue weighted by Crippen LogP contribution is -2.10. The Morgan fingerprint density at radius 1 is 0.905 bits per heavy atom. The van der Waals surface area contributed by atoms with Gasteiger partial charge in [-0.05, 0) is 46.8 Å². The zero-order valence-corrected chi connectivity index (χ0v) is 11.9. The Bertz CT molecular complexity index is 775. The van der Waals surface area contributed by atoms with E-state index in [9.17, 15) is 9.18 Å². The molecule has 4 heteroatoms. The van der Waals surface area contributed by atoms with Gasteiger partial charge in [0.2, 0.25) is 5.91 Å². The van der Waals surface area contributed by atoms with E-state index in [-0.39, 0.29) is 5.82 Å². The quantitative estimate of drug-likeness (QED) is 0.768. The number of amides is 1. The number of carbonyl (C=O) groups excluding carboxylic acids is 1. The van der Waals surface area contributed by atoms with E-state index in [2.05, 4.69) is 0 Å². The van der Waals surface area contributed by atoms with Gasteiger partial charge < -0.3 is 5.73 Å². The van der Waals surface area contributed by atoms with E-state index in [0.717, 1.165) is 21.6 Å². The van der Waals surface area contributed by atoms with Crippen LogP contribution in [0.5, 0.6) is 0 Å². The number of primary amides is 1. The molecule has 0 aliphatic carbocycles. The highest BCUT2D eigenvalue weighted by atomic mass is 32.1. The molecule has 2 nitrogen and oxygen atoms in total. The fourth-order valence-electron chi connectivity index (χ4n) is 2.18. The summed E-state index contributed by atoms with van der Waals surface area (Å²) >= 11 is 1.60. The first-order chi connectivity index (χ1) is 10.1. The largest absolute Gasteiger partial charge is 0.366 e. The molecule has 0 saturated carbocycles. The third-order valence-corrected chi connectivity index (χ3v) is 4.22. The maximum absolute atomic E-state index is 13.0. The van der Waals surface area contributed by atoms with E-state index >= 15 is 0 Å². The monoisotopic (exact) mass is 297 g/mol. The third kappa shape index (κ3) is 2.71. The zero-order valence-electron chi connectivity index (χ0n) is 11.0. The maximum atomic E-state index is 13.0. The fraction of sp³-hybridized carbons (Fsp3) is 0. The van der Waals surface area contributed by atoms with Crippen LogP contribution in [-0.4, -0.2) is 5.91 Å². The van der Waals surface area contributed by atoms with Crippen molar-refractivity contribution in [1.82, 2.24) is 0 Å². The summed E-state index contributed by atoms with van der Waals surface area (Å²) in [7, 11) is 0. The number of nitrogens with two attached hydrogens (primary N) is 1. The standard InChI is InChI=1S/C17H12FNOS/c18-14-7-5-12(6-8-14)16-15(9-10-21-16)11-1-3-13(4-2-11)17(19)20/h1-10H,(H2,19,20). The van der Waals surface area contributed by atoms with Crippen LogP contribution in [0.15, 0.2) is 60.0 Å². The van der Waals surface area contributed by atoms with Crippen LogP contribution in [-0.2, 0) is 0 Å². The first kappa shape index (κ1) is 13.5. The minimum Gasteiger partial charge on any atom is -0.366 e. The number of halogens is 1. The predicted octanol–water partition coefficient (Wildman–Crippen LogP) is 4.32. The maximum Gasteiger partial charge on any atom is 0.248 e. The first-order valence-corrected chi connectivity index (χ1v) is 7.27. The van der Waals surface area contributed by atoms with Gasteiger partial charge in [-0.2, -0.15) is 0 Å². The van der Waals surface area contributed by atoms with Crippen molar-refractivity contribution in [3.63, 3.8) is 0 Å². The van der Waals surface area contributed by atoms with Crippen molar-refractivity contribution in [1.29, 1.82) is 0 Å². The molecule has 0 bridgehead atoms. The Morgan fingerprint density at radius 3 is 2.14 bits per heavy atom. The molecule has 0 unspecified atom stereocenters. The molecule has 0 aliphatic rings. The Hall–Kier alpha value is -2.46. The molecule has 0 aliphatic heterocycles. The van der Waals surface area contributed by atoms with Crippen molar-refractivity contribution in [3.8, 4) is 21.6 Å². The van der Waals surface area contributed by atoms with Crippen LogP contribution < -0.4 is 5.73 Å². The number of benzene rings is 2. The van der Waals surface area contributed by atoms with E-state index in [1.165, 1.54) is 12.1 Å². The van der Waals surface area contributed by atoms with Gasteiger partial charge in [-0.1, -0.05) is 24.3 Å². The van der Waals surface area contributed by atoms with Crippen LogP contribution in [0.25, 0.3) is 21.6 Å². The summed E-state index contributed by atoms with van der Waals surface area (Å²) in [4.78, 5) is 12.2. The molecule has 1 heterocycles. The molecule has 3 rings (SSSR count). The summed E-state index contributed by atoms with van der Waals surface area (Å²) < 4.78 is 13.0. The van der Waals surface area contributed by atoms with Crippen molar-refractivity contribution in [2.75, 3.05) is 0 Å². The minimum absolute atomic E-state index is 0.248. The van der Waals surface area contributed by atoms with Gasteiger partial charge >= 0.3 is 0 Å². The van der Waals surface area contributed by atoms with Crippen molar-refractivity contribution in [3.05, 3.63) is 71.4 Å². The van der Waals surface area contributed by atoms with Gasteiger partial charge in [0.15, 0.2) is 0 Å². The predicted molar refractivity (Wildman–Crippen MR) is 83.7 cm³/mol. The highest BCUT2D eigenvalue weighted by Gasteiger charge is 2.10. The second kappa shape index (κ2) is 5.50. The van der Waals surface area contributed by atoms with Crippen molar-refractivity contribution in [2.45, 2.75) is 0 Å². The Kier molecular flexibility index (Phi) is 3.54. The second-order valence-corrected chi connectivity index (χ2v) is 5.53. The normalized spacial score (nSPS) is 10.5. The van der Waals surface area contributed by atoms with E-state index in [0.29, 0.717) is 5.56 Å². The number of hydrogen-bond donors (Lipinski definition) is 1. The smallest absolute Gasteiger partial charge is 0.248 e. The molecule has 1 amide bonds. The van der Waals surface area contributed by atoms with E-state index < -0.39 is 5.91 Å². The van der Waals surface area contributed by atoms with Crippen LogP contribution in [0.3, 0.4) is 0 Å². The molecule has 0 atom stereocenters. The molecule has 21 heavy (non-hydrogen) atoms. The number of thiophene rings is 1. The molecule has 1 aromatic heterocycles. The van der Waals surface area contributed by atoms with Crippen LogP contribution >= 0.6 is 11.3 Å². The summed E-state index contributed by atoms with van der Waals surface area (Å²) in [5.74, 6) is -0.687. The zero-order chi connectivity index (χ0) is 14.8. The van der Waals surface area contributed by atoms with Gasteiger partial charge in [0.25, 0.3) is 0 Å². The SMILES string of the molecule is NC(=O)c1ccc(-c2ccsc2-c2ccc(F)cc2)cc1. The topological polar surface area (TPSA) is 43.1 Å². The van der Waals surface area contributed by atoms with Gasteiger partial charge in [-0.25, -0.2) is 4.39 Å². The van der Waals surface area contributed by atoms with Crippen molar-refractivity contribution < 1.29 is 9.18 Å². The third-order valence-electron chi connectivity index (χ3n) is 3.25. The average Bonchev–Trinajstić information content (AvgIpc) is 2.97. The van der Waals surface area contributed by atoms with Gasteiger partial charge in [0.05, 0.1) is 0 Å². The highest BCUT2D eigenvalue weighted by Crippen LogP contribution is 2.36. The van der Waals surface area contributed by atoms with Gasteiger partial charge in [-0.3, -0.25) is 4.79 Å². The molecule has 2 aromatic carbocycles. The number of rotatable bonds is 3. The van der Waals surface area contributed by atoms with Crippen molar-refractivity contribution in [2.24, 2.45) is 5.73 Å². The first-order valence-electron chi connectivity index (χ1n) is 6.39. The van der Waals surface area contributed by atoms with Gasteiger partial charge in [0, 0.05) is 16.0 Å². The molecule has 0 spiro atoms. The van der Waals surface area contributed by atoms with Crippen LogP contribution in [0.2, 0.25) is 0 Å². The lowest BCUT2D eigenvalue weighted by molar-refractivity contribution is 0.100.